The van der Waals surface area contributed by atoms with Crippen LogP contribution in [-0.2, 0) is 28.0 Å². The lowest BCUT2D eigenvalue weighted by Gasteiger charge is -2.43. The molecule has 1 aliphatic carbocycles. The molecule has 1 N–H and O–H groups in total. The zero-order valence-electron chi connectivity index (χ0n) is 18.8. The predicted molar refractivity (Wildman–Crippen MR) is 127 cm³/mol. The number of aryl methyl sites for hydroxylation is 1. The van der Waals surface area contributed by atoms with E-state index in [1.807, 2.05) is 42.5 Å². The molecule has 2 heterocycles. The van der Waals surface area contributed by atoms with E-state index in [9.17, 15) is 9.59 Å². The number of imidazole rings is 1. The highest BCUT2D eigenvalue weighted by Gasteiger charge is 2.59. The Bertz CT molecular complexity index is 1320. The molecule has 0 radical (unpaired) electrons. The van der Waals surface area contributed by atoms with Crippen LogP contribution in [0.15, 0.2) is 42.5 Å². The summed E-state index contributed by atoms with van der Waals surface area (Å²) in [7, 11) is 1.52. The average Bonchev–Trinajstić information content (AvgIpc) is 3.26. The number of nitrogens with zero attached hydrogens (tertiary/aromatic N) is 4. The molecular weight excluding hydrogens is 454 g/mol. The lowest BCUT2D eigenvalue weighted by atomic mass is 9.63. The van der Waals surface area contributed by atoms with E-state index in [-0.39, 0.29) is 12.0 Å². The predicted octanol–water partition coefficient (Wildman–Crippen LogP) is 4.30. The van der Waals surface area contributed by atoms with E-state index in [2.05, 4.69) is 16.0 Å². The van der Waals surface area contributed by atoms with Crippen molar-refractivity contribution in [1.82, 2.24) is 14.9 Å². The number of ether oxygens (including phenoxy) is 1. The Morgan fingerprint density at radius 1 is 1.32 bits per heavy atom. The molecule has 0 saturated heterocycles. The van der Waals surface area contributed by atoms with Gasteiger partial charge in [0.15, 0.2) is 0 Å². The van der Waals surface area contributed by atoms with Gasteiger partial charge in [-0.05, 0) is 36.2 Å². The first-order valence-electron chi connectivity index (χ1n) is 11.3. The molecule has 174 valence electrons. The summed E-state index contributed by atoms with van der Waals surface area (Å²) in [6.07, 6.45) is 1.26. The maximum Gasteiger partial charge on any atom is 0.407 e. The van der Waals surface area contributed by atoms with Gasteiger partial charge in [-0.25, -0.2) is 9.78 Å². The third-order valence-electron chi connectivity index (χ3n) is 6.75. The number of nitrogens with one attached hydrogen (secondary N) is 1. The minimum Gasteiger partial charge on any atom is -0.446 e. The van der Waals surface area contributed by atoms with Crippen LogP contribution in [0.4, 0.5) is 10.5 Å². The molecule has 8 nitrogen and oxygen atoms in total. The van der Waals surface area contributed by atoms with Crippen LogP contribution in [0.5, 0.6) is 0 Å². The molecular formula is C25H24ClN5O3. The number of fused-ring (bicyclic) bond motifs is 3. The van der Waals surface area contributed by atoms with Crippen molar-refractivity contribution in [1.29, 1.82) is 5.26 Å². The quantitative estimate of drug-likeness (QED) is 0.533. The number of alkyl carbamates (subject to hydrolysis) is 1. The number of hydrogen-bond acceptors (Lipinski definition) is 5. The fraction of sp³-hybridized carbons (Fsp3) is 0.360. The molecule has 3 aromatic rings. The van der Waals surface area contributed by atoms with Crippen LogP contribution >= 0.6 is 11.6 Å². The normalized spacial score (nSPS) is 20.8. The number of carbonyl (C=O) groups excluding carboxylic acids is 2. The van der Waals surface area contributed by atoms with Crippen LogP contribution in [0, 0.1) is 11.3 Å². The number of aromatic nitrogens is 2. The van der Waals surface area contributed by atoms with Gasteiger partial charge in [-0.1, -0.05) is 29.8 Å². The van der Waals surface area contributed by atoms with Gasteiger partial charge in [0.25, 0.3) is 0 Å². The first-order chi connectivity index (χ1) is 16.5. The van der Waals surface area contributed by atoms with Crippen molar-refractivity contribution in [3.8, 4) is 6.07 Å². The number of hydrogen-bond donors (Lipinski definition) is 1. The van der Waals surface area contributed by atoms with Crippen molar-refractivity contribution in [2.75, 3.05) is 11.9 Å². The number of amides is 2. The molecule has 1 aromatic heterocycles. The highest BCUT2D eigenvalue weighted by Crippen LogP contribution is 2.54. The Kier molecular flexibility index (Phi) is 5.66. The van der Waals surface area contributed by atoms with Crippen LogP contribution in [0.3, 0.4) is 0 Å². The second kappa shape index (κ2) is 8.65. The Hall–Kier alpha value is -3.57. The molecule has 0 unspecified atom stereocenters. The summed E-state index contributed by atoms with van der Waals surface area (Å²) in [6, 6.07) is 15.5. The summed E-state index contributed by atoms with van der Waals surface area (Å²) >= 11 is 6.19. The van der Waals surface area contributed by atoms with E-state index in [1.54, 1.807) is 4.90 Å². The summed E-state index contributed by atoms with van der Waals surface area (Å²) < 4.78 is 7.46. The molecule has 0 bridgehead atoms. The second-order valence-electron chi connectivity index (χ2n) is 8.75. The van der Waals surface area contributed by atoms with E-state index in [4.69, 9.17) is 26.6 Å². The number of para-hydroxylation sites is 1. The van der Waals surface area contributed by atoms with Gasteiger partial charge in [-0.2, -0.15) is 5.26 Å². The Morgan fingerprint density at radius 3 is 2.88 bits per heavy atom. The van der Waals surface area contributed by atoms with E-state index in [0.29, 0.717) is 43.8 Å². The molecule has 1 aliphatic heterocycles. The summed E-state index contributed by atoms with van der Waals surface area (Å²) in [6.45, 7) is 0.926. The first-order valence-corrected chi connectivity index (χ1v) is 11.7. The number of benzene rings is 2. The van der Waals surface area contributed by atoms with Crippen LogP contribution in [0.1, 0.15) is 37.1 Å². The van der Waals surface area contributed by atoms with Gasteiger partial charge in [0.1, 0.15) is 11.9 Å². The highest BCUT2D eigenvalue weighted by atomic mass is 35.5. The highest BCUT2D eigenvalue weighted by molar-refractivity contribution is 6.31. The molecule has 9 heteroatoms. The van der Waals surface area contributed by atoms with Gasteiger partial charge in [-0.3, -0.25) is 4.79 Å². The minimum absolute atomic E-state index is 0.000815. The minimum atomic E-state index is -0.684. The molecule has 5 rings (SSSR count). The summed E-state index contributed by atoms with van der Waals surface area (Å²) in [5, 5.41) is 12.0. The average molecular weight is 478 g/mol. The Morgan fingerprint density at radius 2 is 2.12 bits per heavy atom. The molecule has 2 aromatic carbocycles. The fourth-order valence-corrected chi connectivity index (χ4v) is 5.31. The van der Waals surface area contributed by atoms with Crippen molar-refractivity contribution in [2.45, 2.75) is 50.3 Å². The van der Waals surface area contributed by atoms with Gasteiger partial charge in [0, 0.05) is 43.6 Å². The molecule has 2 amide bonds. The van der Waals surface area contributed by atoms with E-state index < -0.39 is 11.5 Å². The van der Waals surface area contributed by atoms with Crippen LogP contribution < -0.4 is 10.2 Å². The molecule has 34 heavy (non-hydrogen) atoms. The van der Waals surface area contributed by atoms with E-state index in [0.717, 1.165) is 28.1 Å². The van der Waals surface area contributed by atoms with E-state index in [1.165, 1.54) is 7.05 Å². The SMILES string of the molecule is CNC(=O)O[C@H]1C[C@@]2(C1)C(=O)N(Cc1nc3cc(Cl)ccc3n1CCCC#N)c1ccccc12. The maximum atomic E-state index is 13.8. The fourth-order valence-electron chi connectivity index (χ4n) is 5.14. The second-order valence-corrected chi connectivity index (χ2v) is 9.19. The van der Waals surface area contributed by atoms with Crippen molar-refractivity contribution in [2.24, 2.45) is 0 Å². The largest absolute Gasteiger partial charge is 0.446 e. The molecule has 1 fully saturated rings. The number of rotatable bonds is 6. The first kappa shape index (κ1) is 22.2. The zero-order valence-corrected chi connectivity index (χ0v) is 19.5. The summed E-state index contributed by atoms with van der Waals surface area (Å²) in [5.74, 6) is 0.743. The maximum absolute atomic E-state index is 13.8. The van der Waals surface area contributed by atoms with E-state index >= 15 is 0 Å². The van der Waals surface area contributed by atoms with Gasteiger partial charge in [0.2, 0.25) is 5.91 Å². The zero-order chi connectivity index (χ0) is 23.9. The number of nitriles is 1. The van der Waals surface area contributed by atoms with Gasteiger partial charge < -0.3 is 19.5 Å². The van der Waals surface area contributed by atoms with Gasteiger partial charge in [0.05, 0.1) is 29.1 Å². The number of carbonyl (C=O) groups is 2. The third kappa shape index (κ3) is 3.57. The lowest BCUT2D eigenvalue weighted by molar-refractivity contribution is -0.131. The smallest absolute Gasteiger partial charge is 0.407 e. The number of unbranched alkanes of at least 4 members (excludes halogenated alkanes) is 1. The summed E-state index contributed by atoms with van der Waals surface area (Å²) in [4.78, 5) is 32.0. The van der Waals surface area contributed by atoms with Crippen LogP contribution in [-0.4, -0.2) is 34.7 Å². The number of halogens is 1. The molecule has 0 atom stereocenters. The Balaban J connectivity index is 1.47. The van der Waals surface area contributed by atoms with Gasteiger partial charge in [-0.15, -0.1) is 0 Å². The number of anilines is 1. The van der Waals surface area contributed by atoms with Crippen LogP contribution in [0.25, 0.3) is 11.0 Å². The van der Waals surface area contributed by atoms with Crippen LogP contribution in [0.2, 0.25) is 5.02 Å². The molecule has 1 spiro atoms. The Labute approximate surface area is 202 Å². The third-order valence-corrected chi connectivity index (χ3v) is 6.99. The van der Waals surface area contributed by atoms with Gasteiger partial charge >= 0.3 is 6.09 Å². The molecule has 1 saturated carbocycles. The van der Waals surface area contributed by atoms with Crippen molar-refractivity contribution in [3.05, 3.63) is 58.9 Å². The topological polar surface area (TPSA) is 100 Å². The van der Waals surface area contributed by atoms with Crippen molar-refractivity contribution >= 4 is 40.3 Å². The lowest BCUT2D eigenvalue weighted by Crippen LogP contribution is -2.53. The van der Waals surface area contributed by atoms with Crippen molar-refractivity contribution in [3.63, 3.8) is 0 Å². The molecule has 2 aliphatic rings. The summed E-state index contributed by atoms with van der Waals surface area (Å²) in [5.41, 5.74) is 2.83. The standard InChI is InChI=1S/C25H24ClN5O3/c1-28-24(33)34-17-13-25(14-17)18-6-2-3-7-20(18)31(23(25)32)15-22-29-19-12-16(26)8-9-21(19)30(22)11-5-4-10-27/h2-3,6-9,12,17H,4-5,11,13-15H2,1H3,(H,28,33)/t17-,25-. The monoisotopic (exact) mass is 477 g/mol. The van der Waals surface area contributed by atoms with Crippen molar-refractivity contribution < 1.29 is 14.3 Å².